The second-order valence-corrected chi connectivity index (χ2v) is 10.8. The van der Waals surface area contributed by atoms with Gasteiger partial charge in [0.25, 0.3) is 0 Å². The van der Waals surface area contributed by atoms with Gasteiger partial charge in [-0.3, -0.25) is 4.79 Å². The van der Waals surface area contributed by atoms with Crippen LogP contribution in [-0.4, -0.2) is 27.7 Å². The Morgan fingerprint density at radius 2 is 1.79 bits per heavy atom. The Hall–Kier alpha value is -2.16. The summed E-state index contributed by atoms with van der Waals surface area (Å²) >= 11 is 0. The highest BCUT2D eigenvalue weighted by molar-refractivity contribution is 5.78. The number of alkyl halides is 4. The number of imidazole rings is 1. The molecule has 0 spiro atoms. The third-order valence-electron chi connectivity index (χ3n) is 8.14. The molecule has 0 bridgehead atoms. The van der Waals surface area contributed by atoms with E-state index < -0.39 is 17.9 Å². The van der Waals surface area contributed by atoms with Gasteiger partial charge in [0, 0.05) is 32.1 Å². The Morgan fingerprint density at radius 1 is 1.12 bits per heavy atom. The Bertz CT molecular complexity index is 1080. The van der Waals surface area contributed by atoms with Gasteiger partial charge in [0.1, 0.15) is 5.82 Å². The van der Waals surface area contributed by atoms with Crippen LogP contribution in [0.25, 0.3) is 11.0 Å². The molecule has 5 atom stereocenters. The van der Waals surface area contributed by atoms with E-state index in [2.05, 4.69) is 15.3 Å². The van der Waals surface area contributed by atoms with Gasteiger partial charge in [-0.05, 0) is 60.1 Å². The van der Waals surface area contributed by atoms with Gasteiger partial charge >= 0.3 is 0 Å². The molecule has 1 unspecified atom stereocenters. The van der Waals surface area contributed by atoms with Gasteiger partial charge in [-0.15, -0.1) is 0 Å². The fourth-order valence-corrected chi connectivity index (χ4v) is 6.26. The van der Waals surface area contributed by atoms with Crippen molar-refractivity contribution >= 4 is 16.9 Å². The van der Waals surface area contributed by atoms with E-state index in [1.165, 1.54) is 0 Å². The number of hydrogen-bond donors (Lipinski definition) is 3. The van der Waals surface area contributed by atoms with E-state index in [1.54, 1.807) is 0 Å². The molecule has 4 N–H and O–H groups in total. The number of aromatic nitrogens is 2. The topological polar surface area (TPSA) is 83.8 Å². The minimum Gasteiger partial charge on any atom is -0.349 e. The number of halogens is 4. The van der Waals surface area contributed by atoms with Crippen LogP contribution in [0.5, 0.6) is 0 Å². The molecule has 0 radical (unpaired) electrons. The summed E-state index contributed by atoms with van der Waals surface area (Å²) in [5, 5.41) is 3.06. The van der Waals surface area contributed by atoms with Gasteiger partial charge in [0.05, 0.1) is 23.1 Å². The van der Waals surface area contributed by atoms with Crippen LogP contribution in [0.3, 0.4) is 0 Å². The van der Waals surface area contributed by atoms with Gasteiger partial charge in [-0.1, -0.05) is 6.07 Å². The van der Waals surface area contributed by atoms with Crippen molar-refractivity contribution in [3.63, 3.8) is 0 Å². The summed E-state index contributed by atoms with van der Waals surface area (Å²) in [6, 6.07) is 5.22. The van der Waals surface area contributed by atoms with E-state index in [0.717, 1.165) is 29.4 Å². The smallest absolute Gasteiger partial charge is 0.248 e. The van der Waals surface area contributed by atoms with Gasteiger partial charge in [0.15, 0.2) is 0 Å². The number of benzene rings is 1. The standard InChI is InChI=1S/C24H28F4N4O/c25-23(26)7-11(8-23)5-18(33)32-21(12-1-2-12)13-3-4-16-17(6-13)31-22(30-16)20(29)19-14-9-24(27,28)10-15(14)19/h3-4,6,11-12,14-15,19-21H,1-2,5,7-10,29H2,(H,30,31)(H,32,33)/t14-,15+,19?,20-,21+/m0/s1. The molecule has 4 fully saturated rings. The van der Waals surface area contributed by atoms with Crippen molar-refractivity contribution in [1.29, 1.82) is 0 Å². The van der Waals surface area contributed by atoms with Crippen molar-refractivity contribution in [1.82, 2.24) is 15.3 Å². The van der Waals surface area contributed by atoms with Crippen molar-refractivity contribution in [3.05, 3.63) is 29.6 Å². The van der Waals surface area contributed by atoms with E-state index in [0.29, 0.717) is 11.7 Å². The zero-order valence-corrected chi connectivity index (χ0v) is 18.2. The van der Waals surface area contributed by atoms with Crippen LogP contribution < -0.4 is 11.1 Å². The number of aromatic amines is 1. The summed E-state index contributed by atoms with van der Waals surface area (Å²) in [5.74, 6) is -4.66. The van der Waals surface area contributed by atoms with Gasteiger partial charge in [-0.2, -0.15) is 0 Å². The molecule has 178 valence electrons. The van der Waals surface area contributed by atoms with Crippen LogP contribution in [0.15, 0.2) is 18.2 Å². The third kappa shape index (κ3) is 4.02. The highest BCUT2D eigenvalue weighted by Gasteiger charge is 2.64. The average Bonchev–Trinajstić information content (AvgIpc) is 3.58. The summed E-state index contributed by atoms with van der Waals surface area (Å²) in [6.07, 6.45) is 1.57. The summed E-state index contributed by atoms with van der Waals surface area (Å²) in [5.41, 5.74) is 8.89. The van der Waals surface area contributed by atoms with Crippen molar-refractivity contribution in [2.75, 3.05) is 0 Å². The number of nitrogens with zero attached hydrogens (tertiary/aromatic N) is 1. The lowest BCUT2D eigenvalue weighted by atomic mass is 9.79. The van der Waals surface area contributed by atoms with E-state index >= 15 is 0 Å². The maximum Gasteiger partial charge on any atom is 0.248 e. The molecular formula is C24H28F4N4O. The van der Waals surface area contributed by atoms with Crippen molar-refractivity contribution < 1.29 is 22.4 Å². The molecule has 1 aromatic carbocycles. The molecular weight excluding hydrogens is 436 g/mol. The average molecular weight is 465 g/mol. The first-order valence-corrected chi connectivity index (χ1v) is 11.9. The van der Waals surface area contributed by atoms with Gasteiger partial charge < -0.3 is 16.0 Å². The number of carbonyl (C=O) groups excluding carboxylic acids is 1. The van der Waals surface area contributed by atoms with Crippen LogP contribution in [0, 0.1) is 29.6 Å². The normalized spacial score (nSPS) is 31.6. The first kappa shape index (κ1) is 21.4. The van der Waals surface area contributed by atoms with E-state index in [-0.39, 0.29) is 67.7 Å². The lowest BCUT2D eigenvalue weighted by Crippen LogP contribution is -2.39. The SMILES string of the molecule is N[C@H](c1nc2ccc([C@H](NC(=O)CC3CC(F)(F)C3)C3CC3)cc2[nH]1)C1[C@H]2CC(F)(F)C[C@@H]12. The summed E-state index contributed by atoms with van der Waals surface area (Å²) < 4.78 is 53.2. The number of H-pyrrole nitrogens is 1. The number of amides is 1. The lowest BCUT2D eigenvalue weighted by Gasteiger charge is -2.34. The highest BCUT2D eigenvalue weighted by Crippen LogP contribution is 2.65. The molecule has 4 aliphatic carbocycles. The number of hydrogen-bond acceptors (Lipinski definition) is 3. The minimum absolute atomic E-state index is 0.0242. The Kier molecular flexibility index (Phi) is 4.64. The predicted octanol–water partition coefficient (Wildman–Crippen LogP) is 4.86. The third-order valence-corrected chi connectivity index (χ3v) is 8.14. The number of rotatable bonds is 7. The van der Waals surface area contributed by atoms with E-state index in [9.17, 15) is 22.4 Å². The fraction of sp³-hybridized carbons (Fsp3) is 0.667. The molecule has 33 heavy (non-hydrogen) atoms. The molecule has 6 rings (SSSR count). The lowest BCUT2D eigenvalue weighted by molar-refractivity contribution is -0.134. The second-order valence-electron chi connectivity index (χ2n) is 10.8. The highest BCUT2D eigenvalue weighted by atomic mass is 19.3. The molecule has 4 saturated carbocycles. The largest absolute Gasteiger partial charge is 0.349 e. The summed E-state index contributed by atoms with van der Waals surface area (Å²) in [7, 11) is 0. The Balaban J connectivity index is 1.15. The van der Waals surface area contributed by atoms with Crippen molar-refractivity contribution in [2.24, 2.45) is 35.3 Å². The zero-order valence-electron chi connectivity index (χ0n) is 18.2. The monoisotopic (exact) mass is 464 g/mol. The molecule has 2 aromatic rings. The van der Waals surface area contributed by atoms with Gasteiger partial charge in [-0.25, -0.2) is 22.5 Å². The van der Waals surface area contributed by atoms with Crippen LogP contribution in [0.4, 0.5) is 17.6 Å². The Labute approximate surface area is 188 Å². The van der Waals surface area contributed by atoms with Crippen LogP contribution >= 0.6 is 0 Å². The van der Waals surface area contributed by atoms with Crippen LogP contribution in [0.2, 0.25) is 0 Å². The summed E-state index contributed by atoms with van der Waals surface area (Å²) in [4.78, 5) is 20.4. The van der Waals surface area contributed by atoms with E-state index in [4.69, 9.17) is 5.73 Å². The molecule has 5 nitrogen and oxygen atoms in total. The molecule has 1 aromatic heterocycles. The number of nitrogens with one attached hydrogen (secondary N) is 2. The zero-order chi connectivity index (χ0) is 23.1. The number of carbonyl (C=O) groups is 1. The number of fused-ring (bicyclic) bond motifs is 2. The number of nitrogens with two attached hydrogens (primary N) is 1. The first-order valence-electron chi connectivity index (χ1n) is 11.9. The van der Waals surface area contributed by atoms with Crippen LogP contribution in [0.1, 0.15) is 68.4 Å². The molecule has 9 heteroatoms. The van der Waals surface area contributed by atoms with Gasteiger partial charge in [0.2, 0.25) is 17.8 Å². The molecule has 0 aliphatic heterocycles. The van der Waals surface area contributed by atoms with Crippen molar-refractivity contribution in [2.45, 2.75) is 68.9 Å². The van der Waals surface area contributed by atoms with E-state index in [1.807, 2.05) is 18.2 Å². The molecule has 1 heterocycles. The van der Waals surface area contributed by atoms with Crippen molar-refractivity contribution in [3.8, 4) is 0 Å². The maximum atomic E-state index is 13.5. The second kappa shape index (κ2) is 7.17. The first-order chi connectivity index (χ1) is 15.6. The summed E-state index contributed by atoms with van der Waals surface area (Å²) in [6.45, 7) is 0. The molecule has 1 amide bonds. The fourth-order valence-electron chi connectivity index (χ4n) is 6.26. The minimum atomic E-state index is -2.62. The Morgan fingerprint density at radius 3 is 2.42 bits per heavy atom. The molecule has 0 saturated heterocycles. The predicted molar refractivity (Wildman–Crippen MR) is 114 cm³/mol. The molecule has 4 aliphatic rings. The quantitative estimate of drug-likeness (QED) is 0.512. The maximum absolute atomic E-state index is 13.5. The van der Waals surface area contributed by atoms with Crippen LogP contribution in [-0.2, 0) is 4.79 Å².